The molecule has 0 radical (unpaired) electrons. The molecule has 0 saturated heterocycles. The second-order valence-corrected chi connectivity index (χ2v) is 10.8. The van der Waals surface area contributed by atoms with Crippen molar-refractivity contribution >= 4 is 20.2 Å². The molecular weight excluding hydrogens is 455 g/mol. The lowest BCUT2D eigenvalue weighted by Gasteiger charge is -2.01. The summed E-state index contributed by atoms with van der Waals surface area (Å²) in [5, 5.41) is 0. The van der Waals surface area contributed by atoms with E-state index >= 15 is 0 Å². The maximum Gasteiger partial charge on any atom is 0.357 e. The molecule has 0 spiro atoms. The molecule has 0 amide bonds. The van der Waals surface area contributed by atoms with E-state index in [1.54, 1.807) is 24.3 Å². The van der Waals surface area contributed by atoms with Crippen molar-refractivity contribution in [3.8, 4) is 11.5 Å². The first-order valence-corrected chi connectivity index (χ1v) is 12.0. The third-order valence-corrected chi connectivity index (χ3v) is 6.02. The van der Waals surface area contributed by atoms with E-state index in [0.717, 1.165) is 19.7 Å². The van der Waals surface area contributed by atoms with E-state index in [4.69, 9.17) is 8.37 Å². The standard InChI is InChI=1S/C14H14IO6S2/c1-22(16,17)20-13-7-3-11(4-8-13)15-12-5-9-14(10-6-12)21-23(2,18)19/h3-10H,1-2H3/q+1. The molecule has 0 fully saturated rings. The zero-order chi connectivity index (χ0) is 17.1. The van der Waals surface area contributed by atoms with Gasteiger partial charge in [-0.15, -0.1) is 0 Å². The normalized spacial score (nSPS) is 11.9. The summed E-state index contributed by atoms with van der Waals surface area (Å²) in [6.07, 6.45) is 1.99. The third kappa shape index (κ3) is 6.75. The van der Waals surface area contributed by atoms with Gasteiger partial charge in [-0.05, 0) is 48.5 Å². The smallest absolute Gasteiger partial charge is 0.357 e. The summed E-state index contributed by atoms with van der Waals surface area (Å²) in [6.45, 7) is 0. The van der Waals surface area contributed by atoms with Crippen LogP contribution < -0.4 is 29.6 Å². The number of halogens is 1. The Bertz CT molecular complexity index is 796. The molecule has 0 heterocycles. The third-order valence-electron chi connectivity index (χ3n) is 2.34. The summed E-state index contributed by atoms with van der Waals surface area (Å²) in [4.78, 5) is 0. The molecule has 0 atom stereocenters. The molecule has 2 rings (SSSR count). The first-order chi connectivity index (χ1) is 10.6. The summed E-state index contributed by atoms with van der Waals surface area (Å²) in [6, 6.07) is 13.7. The Balaban J connectivity index is 2.04. The van der Waals surface area contributed by atoms with Gasteiger partial charge in [-0.25, -0.2) is 0 Å². The zero-order valence-corrected chi connectivity index (χ0v) is 16.1. The van der Waals surface area contributed by atoms with Gasteiger partial charge in [-0.2, -0.15) is 16.8 Å². The Labute approximate surface area is 145 Å². The van der Waals surface area contributed by atoms with E-state index in [9.17, 15) is 16.8 Å². The van der Waals surface area contributed by atoms with Crippen LogP contribution in [0.2, 0.25) is 0 Å². The number of benzene rings is 2. The average molecular weight is 469 g/mol. The fourth-order valence-electron chi connectivity index (χ4n) is 1.58. The average Bonchev–Trinajstić information content (AvgIpc) is 2.40. The highest BCUT2D eigenvalue weighted by molar-refractivity contribution is 7.86. The predicted octanol–water partition coefficient (Wildman–Crippen LogP) is -1.51. The van der Waals surface area contributed by atoms with Crippen LogP contribution in [0.4, 0.5) is 0 Å². The van der Waals surface area contributed by atoms with Crippen LogP contribution in [0.3, 0.4) is 0 Å². The van der Waals surface area contributed by atoms with Gasteiger partial charge in [0.05, 0.1) is 12.5 Å². The van der Waals surface area contributed by atoms with Crippen LogP contribution in [0.15, 0.2) is 48.5 Å². The summed E-state index contributed by atoms with van der Waals surface area (Å²) >= 11 is -0.475. The zero-order valence-electron chi connectivity index (χ0n) is 12.3. The summed E-state index contributed by atoms with van der Waals surface area (Å²) in [5.41, 5.74) is 0. The summed E-state index contributed by atoms with van der Waals surface area (Å²) in [7, 11) is -7.05. The van der Waals surface area contributed by atoms with Crippen molar-refractivity contribution in [3.63, 3.8) is 0 Å². The first-order valence-electron chi connectivity index (χ1n) is 6.25. The fourth-order valence-corrected chi connectivity index (χ4v) is 4.66. The lowest BCUT2D eigenvalue weighted by molar-refractivity contribution is -0.597. The molecule has 124 valence electrons. The van der Waals surface area contributed by atoms with Gasteiger partial charge in [-0.3, -0.25) is 0 Å². The van der Waals surface area contributed by atoms with Crippen molar-refractivity contribution in [1.82, 2.24) is 0 Å². The largest absolute Gasteiger partial charge is 0.383 e. The van der Waals surface area contributed by atoms with Gasteiger partial charge in [0.25, 0.3) is 0 Å². The van der Waals surface area contributed by atoms with Crippen LogP contribution in [0.1, 0.15) is 0 Å². The Morgan fingerprint density at radius 2 is 0.957 bits per heavy atom. The molecule has 0 N–H and O–H groups in total. The van der Waals surface area contributed by atoms with Gasteiger partial charge in [0.1, 0.15) is 11.5 Å². The van der Waals surface area contributed by atoms with Gasteiger partial charge in [0.2, 0.25) is 0 Å². The van der Waals surface area contributed by atoms with E-state index in [1.165, 1.54) is 0 Å². The molecular formula is C14H14IO6S2+. The first kappa shape index (κ1) is 18.0. The van der Waals surface area contributed by atoms with Gasteiger partial charge in [0, 0.05) is 0 Å². The molecule has 0 saturated carbocycles. The van der Waals surface area contributed by atoms with Crippen LogP contribution in [-0.2, 0) is 20.2 Å². The van der Waals surface area contributed by atoms with Crippen LogP contribution >= 0.6 is 0 Å². The topological polar surface area (TPSA) is 86.7 Å². The van der Waals surface area contributed by atoms with Crippen LogP contribution in [0.5, 0.6) is 11.5 Å². The van der Waals surface area contributed by atoms with Crippen molar-refractivity contribution in [2.45, 2.75) is 0 Å². The lowest BCUT2D eigenvalue weighted by Crippen LogP contribution is -3.61. The Hall–Kier alpha value is -1.33. The molecule has 0 aliphatic heterocycles. The van der Waals surface area contributed by atoms with Crippen molar-refractivity contribution in [2.75, 3.05) is 12.5 Å². The quantitative estimate of drug-likeness (QED) is 0.378. The number of hydrogen-bond donors (Lipinski definition) is 0. The molecule has 9 heteroatoms. The van der Waals surface area contributed by atoms with Crippen molar-refractivity contribution in [3.05, 3.63) is 55.7 Å². The van der Waals surface area contributed by atoms with Gasteiger partial charge >= 0.3 is 41.4 Å². The van der Waals surface area contributed by atoms with Gasteiger partial charge in [0.15, 0.2) is 7.14 Å². The fraction of sp³-hybridized carbons (Fsp3) is 0.143. The molecule has 6 nitrogen and oxygen atoms in total. The van der Waals surface area contributed by atoms with Gasteiger partial charge < -0.3 is 8.37 Å². The minimum atomic E-state index is -3.52. The number of hydrogen-bond acceptors (Lipinski definition) is 6. The highest BCUT2D eigenvalue weighted by Crippen LogP contribution is 2.11. The van der Waals surface area contributed by atoms with Crippen molar-refractivity contribution < 1.29 is 46.4 Å². The molecule has 2 aromatic rings. The molecule has 0 aliphatic carbocycles. The van der Waals surface area contributed by atoms with E-state index < -0.39 is 41.4 Å². The van der Waals surface area contributed by atoms with E-state index in [0.29, 0.717) is 0 Å². The number of rotatable bonds is 6. The highest BCUT2D eigenvalue weighted by Gasteiger charge is 2.16. The monoisotopic (exact) mass is 469 g/mol. The summed E-state index contributed by atoms with van der Waals surface area (Å²) in [5.74, 6) is 0.550. The Kier molecular flexibility index (Phi) is 5.53. The van der Waals surface area contributed by atoms with E-state index in [2.05, 4.69) is 0 Å². The SMILES string of the molecule is CS(=O)(=O)Oc1ccc([I+]c2ccc(OS(C)(=O)=O)cc2)cc1. The van der Waals surface area contributed by atoms with Crippen LogP contribution in [-0.4, -0.2) is 29.3 Å². The summed E-state index contributed by atoms with van der Waals surface area (Å²) < 4.78 is 55.9. The van der Waals surface area contributed by atoms with E-state index in [1.807, 2.05) is 24.3 Å². The second-order valence-electron chi connectivity index (χ2n) is 4.58. The molecule has 2 aromatic carbocycles. The van der Waals surface area contributed by atoms with Crippen LogP contribution in [0, 0.1) is 7.14 Å². The minimum Gasteiger partial charge on any atom is -0.383 e. The molecule has 0 aromatic heterocycles. The Morgan fingerprint density at radius 3 is 1.22 bits per heavy atom. The molecule has 23 heavy (non-hydrogen) atoms. The van der Waals surface area contributed by atoms with Crippen molar-refractivity contribution in [2.24, 2.45) is 0 Å². The minimum absolute atomic E-state index is 0.275. The predicted molar refractivity (Wildman–Crippen MR) is 81.2 cm³/mol. The van der Waals surface area contributed by atoms with Gasteiger partial charge in [-0.1, -0.05) is 0 Å². The molecule has 0 bridgehead atoms. The maximum atomic E-state index is 11.0. The Morgan fingerprint density at radius 1 is 0.652 bits per heavy atom. The molecule has 0 unspecified atom stereocenters. The van der Waals surface area contributed by atoms with Crippen molar-refractivity contribution in [1.29, 1.82) is 0 Å². The molecule has 0 aliphatic rings. The van der Waals surface area contributed by atoms with Crippen LogP contribution in [0.25, 0.3) is 0 Å². The maximum absolute atomic E-state index is 11.0. The highest BCUT2D eigenvalue weighted by atomic mass is 127. The lowest BCUT2D eigenvalue weighted by atomic mass is 10.3. The second kappa shape index (κ2) is 7.05. The van der Waals surface area contributed by atoms with E-state index in [-0.39, 0.29) is 11.5 Å².